The number of aryl methyl sites for hydroxylation is 1. The van der Waals surface area contributed by atoms with Crippen molar-refractivity contribution in [3.05, 3.63) is 34.9 Å². The zero-order valence-electron chi connectivity index (χ0n) is 17.8. The molecule has 0 saturated heterocycles. The van der Waals surface area contributed by atoms with Gasteiger partial charge in [-0.25, -0.2) is 0 Å². The number of hydrogen-bond donors (Lipinski definition) is 2. The van der Waals surface area contributed by atoms with E-state index in [1.54, 1.807) is 5.57 Å². The van der Waals surface area contributed by atoms with Gasteiger partial charge in [-0.15, -0.1) is 0 Å². The van der Waals surface area contributed by atoms with Crippen molar-refractivity contribution in [1.29, 1.82) is 0 Å². The maximum Gasteiger partial charge on any atom is 0.115 e. The molecule has 3 aliphatic rings. The molecular formula is C26H38O2. The highest BCUT2D eigenvalue weighted by atomic mass is 16.3. The van der Waals surface area contributed by atoms with Crippen molar-refractivity contribution in [2.45, 2.75) is 97.0 Å². The lowest BCUT2D eigenvalue weighted by Gasteiger charge is -2.45. The van der Waals surface area contributed by atoms with Crippen molar-refractivity contribution in [2.75, 3.05) is 0 Å². The van der Waals surface area contributed by atoms with Gasteiger partial charge in [-0.3, -0.25) is 0 Å². The molecule has 4 atom stereocenters. The standard InChI is InChI=1S/C26H38O2/c1-3-4-5-6-7-8-9-23-25(28)17-24-22-12-10-18-16-19(27)11-13-20(18)21(22)14-15-26(23,24)2/h11,13,16,23-25,27-28H,3-10,12,14-15,17H2,1-2H3/t23-,24?,25+,26?/m0/s1. The van der Waals surface area contributed by atoms with Crippen molar-refractivity contribution in [3.8, 4) is 5.75 Å². The Morgan fingerprint density at radius 2 is 1.82 bits per heavy atom. The second-order valence-electron chi connectivity index (χ2n) is 9.87. The first-order valence-electron chi connectivity index (χ1n) is 11.8. The fraction of sp³-hybridized carbons (Fsp3) is 0.692. The van der Waals surface area contributed by atoms with Crippen LogP contribution < -0.4 is 0 Å². The third kappa shape index (κ3) is 3.54. The molecule has 0 aromatic heterocycles. The monoisotopic (exact) mass is 382 g/mol. The molecule has 2 N–H and O–H groups in total. The van der Waals surface area contributed by atoms with Crippen LogP contribution in [0.5, 0.6) is 5.75 Å². The predicted octanol–water partition coefficient (Wildman–Crippen LogP) is 6.64. The lowest BCUT2D eigenvalue weighted by molar-refractivity contribution is 0.0652. The van der Waals surface area contributed by atoms with Crippen LogP contribution in [0.2, 0.25) is 0 Å². The molecule has 4 rings (SSSR count). The van der Waals surface area contributed by atoms with Gasteiger partial charge in [0, 0.05) is 0 Å². The van der Waals surface area contributed by atoms with Crippen LogP contribution in [-0.4, -0.2) is 16.3 Å². The minimum absolute atomic E-state index is 0.126. The van der Waals surface area contributed by atoms with Gasteiger partial charge >= 0.3 is 0 Å². The zero-order valence-corrected chi connectivity index (χ0v) is 17.8. The van der Waals surface area contributed by atoms with Gasteiger partial charge < -0.3 is 10.2 Å². The summed E-state index contributed by atoms with van der Waals surface area (Å²) < 4.78 is 0. The highest BCUT2D eigenvalue weighted by Crippen LogP contribution is 2.61. The van der Waals surface area contributed by atoms with Crippen LogP contribution in [0.3, 0.4) is 0 Å². The summed E-state index contributed by atoms with van der Waals surface area (Å²) in [7, 11) is 0. The Balaban J connectivity index is 1.49. The van der Waals surface area contributed by atoms with Crippen molar-refractivity contribution in [3.63, 3.8) is 0 Å². The smallest absolute Gasteiger partial charge is 0.115 e. The Morgan fingerprint density at radius 1 is 1.04 bits per heavy atom. The first-order chi connectivity index (χ1) is 13.5. The van der Waals surface area contributed by atoms with E-state index in [-0.39, 0.29) is 11.5 Å². The molecule has 1 aromatic rings. The van der Waals surface area contributed by atoms with E-state index in [9.17, 15) is 10.2 Å². The highest BCUT2D eigenvalue weighted by molar-refractivity contribution is 5.75. The van der Waals surface area contributed by atoms with E-state index in [2.05, 4.69) is 19.9 Å². The molecule has 1 fully saturated rings. The maximum absolute atomic E-state index is 11.0. The van der Waals surface area contributed by atoms with Crippen molar-refractivity contribution < 1.29 is 10.2 Å². The normalized spacial score (nSPS) is 31.5. The second kappa shape index (κ2) is 8.22. The number of aliphatic hydroxyl groups is 1. The highest BCUT2D eigenvalue weighted by Gasteiger charge is 2.54. The summed E-state index contributed by atoms with van der Waals surface area (Å²) in [6, 6.07) is 5.92. The Kier molecular flexibility index (Phi) is 5.88. The summed E-state index contributed by atoms with van der Waals surface area (Å²) in [5.41, 5.74) is 6.13. The second-order valence-corrected chi connectivity index (χ2v) is 9.87. The summed E-state index contributed by atoms with van der Waals surface area (Å²) in [6.45, 7) is 4.75. The van der Waals surface area contributed by atoms with E-state index >= 15 is 0 Å². The number of unbranched alkanes of at least 4 members (excludes halogenated alkanes) is 5. The number of aromatic hydroxyl groups is 1. The minimum atomic E-state index is -0.126. The molecule has 2 unspecified atom stereocenters. The van der Waals surface area contributed by atoms with Gasteiger partial charge in [0.2, 0.25) is 0 Å². The molecule has 0 amide bonds. The van der Waals surface area contributed by atoms with Crippen molar-refractivity contribution >= 4 is 5.57 Å². The quantitative estimate of drug-likeness (QED) is 0.519. The number of hydrogen-bond acceptors (Lipinski definition) is 2. The van der Waals surface area contributed by atoms with E-state index in [4.69, 9.17) is 0 Å². The van der Waals surface area contributed by atoms with Crippen LogP contribution in [0.4, 0.5) is 0 Å². The van der Waals surface area contributed by atoms with Crippen molar-refractivity contribution in [1.82, 2.24) is 0 Å². The first kappa shape index (κ1) is 20.0. The van der Waals surface area contributed by atoms with Gasteiger partial charge in [-0.1, -0.05) is 64.0 Å². The minimum Gasteiger partial charge on any atom is -0.508 e. The number of allylic oxidation sites excluding steroid dienone is 2. The fourth-order valence-electron chi connectivity index (χ4n) is 6.69. The molecule has 0 bridgehead atoms. The largest absolute Gasteiger partial charge is 0.508 e. The van der Waals surface area contributed by atoms with Gasteiger partial charge in [0.05, 0.1) is 6.10 Å². The zero-order chi connectivity index (χ0) is 19.7. The average molecular weight is 383 g/mol. The molecule has 154 valence electrons. The fourth-order valence-corrected chi connectivity index (χ4v) is 6.69. The molecule has 2 nitrogen and oxygen atoms in total. The van der Waals surface area contributed by atoms with Crippen LogP contribution in [0.1, 0.15) is 95.6 Å². The SMILES string of the molecule is CCCCCCCC[C@H]1[C@H](O)CC2C3=C(CCC21C)c1ccc(O)cc1CC3. The first-order valence-corrected chi connectivity index (χ1v) is 11.8. The number of phenols is 1. The van der Waals surface area contributed by atoms with Crippen LogP contribution in [0, 0.1) is 17.3 Å². The van der Waals surface area contributed by atoms with Gasteiger partial charge in [-0.2, -0.15) is 0 Å². The lowest BCUT2D eigenvalue weighted by atomic mass is 9.60. The third-order valence-corrected chi connectivity index (χ3v) is 8.25. The molecule has 0 aliphatic heterocycles. The maximum atomic E-state index is 11.0. The van der Waals surface area contributed by atoms with Gasteiger partial charge in [0.1, 0.15) is 5.75 Å². The van der Waals surface area contributed by atoms with Crippen LogP contribution in [0.15, 0.2) is 23.8 Å². The number of benzene rings is 1. The van der Waals surface area contributed by atoms with Gasteiger partial charge in [0.15, 0.2) is 0 Å². The topological polar surface area (TPSA) is 40.5 Å². The number of aliphatic hydroxyl groups excluding tert-OH is 1. The van der Waals surface area contributed by atoms with E-state index in [0.717, 1.165) is 25.7 Å². The van der Waals surface area contributed by atoms with E-state index in [1.165, 1.54) is 68.1 Å². The Hall–Kier alpha value is -1.28. The molecular weight excluding hydrogens is 344 g/mol. The lowest BCUT2D eigenvalue weighted by Crippen LogP contribution is -2.36. The van der Waals surface area contributed by atoms with E-state index in [0.29, 0.717) is 17.6 Å². The summed E-state index contributed by atoms with van der Waals surface area (Å²) in [5.74, 6) is 1.41. The molecule has 0 radical (unpaired) electrons. The van der Waals surface area contributed by atoms with E-state index < -0.39 is 0 Å². The van der Waals surface area contributed by atoms with Gasteiger partial charge in [-0.05, 0) is 84.6 Å². The summed E-state index contributed by atoms with van der Waals surface area (Å²) in [5, 5.41) is 20.8. The predicted molar refractivity (Wildman–Crippen MR) is 116 cm³/mol. The van der Waals surface area contributed by atoms with E-state index in [1.807, 2.05) is 12.1 Å². The Bertz CT molecular complexity index is 734. The average Bonchev–Trinajstić information content (AvgIpc) is 2.94. The van der Waals surface area contributed by atoms with Crippen LogP contribution >= 0.6 is 0 Å². The summed E-state index contributed by atoms with van der Waals surface area (Å²) in [4.78, 5) is 0. The number of phenolic OH excluding ortho intramolecular Hbond substituents is 1. The molecule has 2 heteroatoms. The molecule has 1 aromatic carbocycles. The summed E-state index contributed by atoms with van der Waals surface area (Å²) >= 11 is 0. The molecule has 0 spiro atoms. The van der Waals surface area contributed by atoms with Gasteiger partial charge in [0.25, 0.3) is 0 Å². The number of fused-ring (bicyclic) bond motifs is 4. The molecule has 1 saturated carbocycles. The molecule has 0 heterocycles. The number of rotatable bonds is 7. The Labute approximate surface area is 171 Å². The molecule has 28 heavy (non-hydrogen) atoms. The third-order valence-electron chi connectivity index (χ3n) is 8.25. The van der Waals surface area contributed by atoms with Crippen LogP contribution in [-0.2, 0) is 6.42 Å². The van der Waals surface area contributed by atoms with Crippen molar-refractivity contribution in [2.24, 2.45) is 17.3 Å². The van der Waals surface area contributed by atoms with Crippen LogP contribution in [0.25, 0.3) is 5.57 Å². The summed E-state index contributed by atoms with van der Waals surface area (Å²) in [6.07, 6.45) is 14.5. The Morgan fingerprint density at radius 3 is 2.64 bits per heavy atom. The molecule has 3 aliphatic carbocycles.